The van der Waals surface area contributed by atoms with Crippen LogP contribution in [0.3, 0.4) is 0 Å². The molecule has 0 radical (unpaired) electrons. The number of piperidine rings is 1. The Labute approximate surface area is 305 Å². The second-order valence-corrected chi connectivity index (χ2v) is 17.1. The number of hydrogen-bond donors (Lipinski definition) is 2. The molecule has 0 spiro atoms. The smallest absolute Gasteiger partial charge is 0.249 e. The zero-order valence-electron chi connectivity index (χ0n) is 31.2. The van der Waals surface area contributed by atoms with Crippen molar-refractivity contribution < 1.29 is 29.0 Å². The molecule has 7 fully saturated rings. The molecular weight excluding hydrogens is 644 g/mol. The second-order valence-electron chi connectivity index (χ2n) is 17.1. The largest absolute Gasteiger partial charge is 0.393 e. The molecule has 0 aromatic carbocycles. The number of nitrogens with zero attached hydrogens (tertiary/aromatic N) is 3. The maximum Gasteiger partial charge on any atom is 0.249 e. The van der Waals surface area contributed by atoms with Gasteiger partial charge in [0.1, 0.15) is 6.04 Å². The quantitative estimate of drug-likeness (QED) is 0.241. The monoisotopic (exact) mass is 708 g/mol. The van der Waals surface area contributed by atoms with E-state index < -0.39 is 11.9 Å². The fourth-order valence-corrected chi connectivity index (χ4v) is 11.4. The molecule has 284 valence electrons. The molecule has 3 saturated heterocycles. The summed E-state index contributed by atoms with van der Waals surface area (Å²) in [5.74, 6) is 0.185. The van der Waals surface area contributed by atoms with Crippen LogP contribution in [0.5, 0.6) is 0 Å². The normalized spacial score (nSPS) is 36.9. The lowest BCUT2D eigenvalue weighted by Gasteiger charge is -2.42. The zero-order valence-corrected chi connectivity index (χ0v) is 31.2. The van der Waals surface area contributed by atoms with E-state index in [0.29, 0.717) is 30.8 Å². The average molecular weight is 709 g/mol. The van der Waals surface area contributed by atoms with Crippen molar-refractivity contribution in [2.24, 2.45) is 29.6 Å². The third-order valence-corrected chi connectivity index (χ3v) is 14.2. The first-order valence-electron chi connectivity index (χ1n) is 21.0. The number of hydrogen-bond acceptors (Lipinski definition) is 8. The molecule has 4 aliphatic carbocycles. The molecule has 4 saturated carbocycles. The molecule has 3 heterocycles. The lowest BCUT2D eigenvalue weighted by molar-refractivity contribution is -0.151. The highest BCUT2D eigenvalue weighted by atomic mass is 16.5. The topological polar surface area (TPSA) is 119 Å². The Morgan fingerprint density at radius 2 is 1.41 bits per heavy atom. The van der Waals surface area contributed by atoms with Crippen LogP contribution in [0.4, 0.5) is 0 Å². The van der Waals surface area contributed by atoms with E-state index in [0.717, 1.165) is 77.4 Å². The van der Waals surface area contributed by atoms with Crippen molar-refractivity contribution in [3.8, 4) is 0 Å². The molecule has 7 aliphatic rings. The van der Waals surface area contributed by atoms with Crippen LogP contribution in [0.2, 0.25) is 0 Å². The van der Waals surface area contributed by atoms with Crippen molar-refractivity contribution in [2.45, 2.75) is 153 Å². The second kappa shape index (κ2) is 16.9. The molecule has 4 atom stereocenters. The maximum absolute atomic E-state index is 13.4. The van der Waals surface area contributed by atoms with Crippen LogP contribution >= 0.6 is 0 Å². The number of piperazine rings is 1. The summed E-state index contributed by atoms with van der Waals surface area (Å²) in [5, 5.41) is 12.6. The lowest BCUT2D eigenvalue weighted by Crippen LogP contribution is -2.54. The van der Waals surface area contributed by atoms with Gasteiger partial charge in [-0.25, -0.2) is 0 Å². The van der Waals surface area contributed by atoms with Crippen molar-refractivity contribution in [1.82, 2.24) is 20.0 Å². The van der Waals surface area contributed by atoms with Gasteiger partial charge in [-0.3, -0.25) is 39.2 Å². The number of carbonyl (C=O) groups excluding carboxylic acids is 4. The summed E-state index contributed by atoms with van der Waals surface area (Å²) in [6.45, 7) is 8.02. The van der Waals surface area contributed by atoms with Crippen molar-refractivity contribution in [2.75, 3.05) is 39.3 Å². The van der Waals surface area contributed by atoms with Gasteiger partial charge in [0.25, 0.3) is 0 Å². The molecule has 4 amide bonds. The van der Waals surface area contributed by atoms with E-state index in [9.17, 15) is 24.3 Å². The predicted octanol–water partition coefficient (Wildman–Crippen LogP) is 4.98. The summed E-state index contributed by atoms with van der Waals surface area (Å²) in [7, 11) is 0. The van der Waals surface area contributed by atoms with Gasteiger partial charge < -0.3 is 9.84 Å². The zero-order chi connectivity index (χ0) is 35.5. The number of aliphatic hydroxyl groups excluding tert-OH is 1. The molecule has 3 aliphatic heterocycles. The first kappa shape index (κ1) is 37.2. The first-order valence-corrected chi connectivity index (χ1v) is 21.0. The molecule has 4 unspecified atom stereocenters. The number of nitrogens with one attached hydrogen (secondary N) is 1. The third kappa shape index (κ3) is 8.34. The molecule has 0 bridgehead atoms. The number of rotatable bonds is 10. The van der Waals surface area contributed by atoms with Crippen LogP contribution in [-0.4, -0.2) is 107 Å². The third-order valence-electron chi connectivity index (χ3n) is 14.2. The summed E-state index contributed by atoms with van der Waals surface area (Å²) in [5.41, 5.74) is 3.64. The van der Waals surface area contributed by atoms with Gasteiger partial charge in [0.05, 0.1) is 30.7 Å². The minimum Gasteiger partial charge on any atom is -0.393 e. The summed E-state index contributed by atoms with van der Waals surface area (Å²) in [4.78, 5) is 57.0. The van der Waals surface area contributed by atoms with Gasteiger partial charge in [-0.1, -0.05) is 37.3 Å². The van der Waals surface area contributed by atoms with Gasteiger partial charge >= 0.3 is 0 Å². The molecule has 0 aromatic rings. The van der Waals surface area contributed by atoms with Crippen LogP contribution in [0.25, 0.3) is 0 Å². The van der Waals surface area contributed by atoms with Crippen LogP contribution in [0.15, 0.2) is 11.1 Å². The first-order chi connectivity index (χ1) is 24.8. The van der Waals surface area contributed by atoms with E-state index >= 15 is 0 Å². The Hall–Kier alpha value is -2.14. The minimum atomic E-state index is -0.848. The van der Waals surface area contributed by atoms with E-state index in [-0.39, 0.29) is 54.5 Å². The number of imide groups is 2. The summed E-state index contributed by atoms with van der Waals surface area (Å²) < 4.78 is 6.54. The van der Waals surface area contributed by atoms with Crippen LogP contribution < -0.4 is 5.32 Å². The van der Waals surface area contributed by atoms with E-state index in [1.165, 1.54) is 69.1 Å². The van der Waals surface area contributed by atoms with E-state index in [1.807, 2.05) is 11.1 Å². The van der Waals surface area contributed by atoms with Gasteiger partial charge in [0.2, 0.25) is 23.6 Å². The summed E-state index contributed by atoms with van der Waals surface area (Å²) in [6.07, 6.45) is 20.1. The Morgan fingerprint density at radius 1 is 0.745 bits per heavy atom. The van der Waals surface area contributed by atoms with Crippen LogP contribution in [0.1, 0.15) is 129 Å². The Kier molecular flexibility index (Phi) is 12.3. The summed E-state index contributed by atoms with van der Waals surface area (Å²) >= 11 is 0. The number of aliphatic hydroxyl groups is 1. The van der Waals surface area contributed by atoms with E-state index in [2.05, 4.69) is 22.0 Å². The molecular formula is C41H64N4O6. The predicted molar refractivity (Wildman–Crippen MR) is 194 cm³/mol. The maximum atomic E-state index is 13.4. The molecule has 2 N–H and O–H groups in total. The molecule has 10 heteroatoms. The molecule has 7 rings (SSSR count). The molecule has 0 aromatic heterocycles. The number of ether oxygens (including phenoxy) is 1. The van der Waals surface area contributed by atoms with Crippen molar-refractivity contribution in [1.29, 1.82) is 0 Å². The van der Waals surface area contributed by atoms with Crippen molar-refractivity contribution >= 4 is 23.6 Å². The fraction of sp³-hybridized carbons (Fsp3) is 0.854. The summed E-state index contributed by atoms with van der Waals surface area (Å²) in [6, 6.07) is -0.568. The van der Waals surface area contributed by atoms with Crippen LogP contribution in [0, 0.1) is 29.6 Å². The number of likely N-dealkylation sites (tertiary alicyclic amines) is 1. The fourth-order valence-electron chi connectivity index (χ4n) is 11.4. The Morgan fingerprint density at radius 3 is 2.08 bits per heavy atom. The Balaban J connectivity index is 0.847. The van der Waals surface area contributed by atoms with Gasteiger partial charge in [-0.05, 0) is 114 Å². The number of carbonyl (C=O) groups is 4. The molecule has 51 heavy (non-hydrogen) atoms. The minimum absolute atomic E-state index is 0.0982. The highest BCUT2D eigenvalue weighted by Crippen LogP contribution is 2.46. The SMILES string of the molecule is CC/C(=C(\C1CCC(O)CC1)C1CCC(OCCN2CCN(C3CCC4C(=O)N(C5CCC(=O)NC5=O)C(=O)C4C3)CC2)CC1)C1CCCCC1. The standard InChI is InChI=1S/C41H64N4O6/c1-2-33(27-6-4-3-5-7-27)38(28-8-13-31(46)14-9-28)29-10-15-32(16-11-29)51-25-24-43-20-22-44(23-21-43)30-12-17-34-35(26-30)41(50)45(40(34)49)36-18-19-37(47)42-39(36)48/h27-32,34-36,46H,2-26H2,1H3,(H,42,47,48)/b38-33-. The van der Waals surface area contributed by atoms with Crippen molar-refractivity contribution in [3.05, 3.63) is 11.1 Å². The Bertz CT molecular complexity index is 1290. The lowest BCUT2D eigenvalue weighted by atomic mass is 9.68. The van der Waals surface area contributed by atoms with E-state index in [1.54, 1.807) is 0 Å². The number of fused-ring (bicyclic) bond motifs is 1. The highest BCUT2D eigenvalue weighted by Gasteiger charge is 2.54. The number of amides is 4. The van der Waals surface area contributed by atoms with E-state index in [4.69, 9.17) is 4.74 Å². The average Bonchev–Trinajstić information content (AvgIpc) is 3.40. The van der Waals surface area contributed by atoms with Crippen molar-refractivity contribution in [3.63, 3.8) is 0 Å². The van der Waals surface area contributed by atoms with Gasteiger partial charge in [0, 0.05) is 45.2 Å². The molecule has 10 nitrogen and oxygen atoms in total. The highest BCUT2D eigenvalue weighted by molar-refractivity contribution is 6.10. The van der Waals surface area contributed by atoms with Gasteiger partial charge in [-0.15, -0.1) is 0 Å². The number of allylic oxidation sites excluding steroid dienone is 2. The van der Waals surface area contributed by atoms with Gasteiger partial charge in [-0.2, -0.15) is 0 Å². The van der Waals surface area contributed by atoms with Gasteiger partial charge in [0.15, 0.2) is 0 Å². The van der Waals surface area contributed by atoms with Crippen LogP contribution in [-0.2, 0) is 23.9 Å².